The van der Waals surface area contributed by atoms with Gasteiger partial charge in [-0.05, 0) is 17.9 Å². The summed E-state index contributed by atoms with van der Waals surface area (Å²) in [5.41, 5.74) is 2.62. The first-order valence-corrected chi connectivity index (χ1v) is 7.24. The predicted octanol–water partition coefficient (Wildman–Crippen LogP) is 3.85. The van der Waals surface area contributed by atoms with E-state index < -0.39 is 0 Å². The van der Waals surface area contributed by atoms with Crippen molar-refractivity contribution >= 4 is 0 Å². The maximum Gasteiger partial charge on any atom is 0.184 e. The van der Waals surface area contributed by atoms with Gasteiger partial charge in [0.15, 0.2) is 6.29 Å². The van der Waals surface area contributed by atoms with E-state index >= 15 is 0 Å². The number of ether oxygens (including phenoxy) is 2. The molecule has 18 heavy (non-hydrogen) atoms. The van der Waals surface area contributed by atoms with Crippen LogP contribution in [0.2, 0.25) is 0 Å². The number of benzene rings is 1. The van der Waals surface area contributed by atoms with Crippen LogP contribution in [-0.4, -0.2) is 13.2 Å². The summed E-state index contributed by atoms with van der Waals surface area (Å²) in [5.74, 6) is 0.888. The van der Waals surface area contributed by atoms with Crippen molar-refractivity contribution in [2.75, 3.05) is 13.2 Å². The van der Waals surface area contributed by atoms with Gasteiger partial charge in [0, 0.05) is 5.56 Å². The van der Waals surface area contributed by atoms with Crippen molar-refractivity contribution < 1.29 is 9.47 Å². The molecule has 0 N–H and O–H groups in total. The summed E-state index contributed by atoms with van der Waals surface area (Å²) >= 11 is 0. The first-order valence-electron chi connectivity index (χ1n) is 7.24. The summed E-state index contributed by atoms with van der Waals surface area (Å²) in [6, 6.07) is 8.76. The number of rotatable bonds is 3. The van der Waals surface area contributed by atoms with Gasteiger partial charge in [-0.2, -0.15) is 0 Å². The Hall–Kier alpha value is -0.860. The second-order valence-corrected chi connectivity index (χ2v) is 5.53. The summed E-state index contributed by atoms with van der Waals surface area (Å²) in [7, 11) is 0. The molecular weight excluding hydrogens is 224 g/mol. The van der Waals surface area contributed by atoms with E-state index in [4.69, 9.17) is 9.47 Å². The Kier molecular flexibility index (Phi) is 3.96. The lowest BCUT2D eigenvalue weighted by molar-refractivity contribution is -0.0441. The van der Waals surface area contributed by atoms with Crippen LogP contribution in [0.15, 0.2) is 24.3 Å². The van der Waals surface area contributed by atoms with Gasteiger partial charge in [-0.3, -0.25) is 0 Å². The highest BCUT2D eigenvalue weighted by molar-refractivity contribution is 5.25. The van der Waals surface area contributed by atoms with Crippen molar-refractivity contribution in [3.63, 3.8) is 0 Å². The van der Waals surface area contributed by atoms with Gasteiger partial charge in [0.2, 0.25) is 0 Å². The number of hydrogen-bond acceptors (Lipinski definition) is 2. The highest BCUT2D eigenvalue weighted by Crippen LogP contribution is 2.29. The van der Waals surface area contributed by atoms with Crippen LogP contribution in [0.3, 0.4) is 0 Å². The monoisotopic (exact) mass is 246 g/mol. The summed E-state index contributed by atoms with van der Waals surface area (Å²) < 4.78 is 11.1. The summed E-state index contributed by atoms with van der Waals surface area (Å²) in [6.45, 7) is 1.44. The van der Waals surface area contributed by atoms with Gasteiger partial charge in [-0.15, -0.1) is 0 Å². The maximum absolute atomic E-state index is 5.56. The molecule has 2 aliphatic rings. The molecule has 3 rings (SSSR count). The van der Waals surface area contributed by atoms with E-state index in [2.05, 4.69) is 24.3 Å². The van der Waals surface area contributed by atoms with E-state index in [1.165, 1.54) is 49.7 Å². The van der Waals surface area contributed by atoms with Crippen LogP contribution in [0.4, 0.5) is 0 Å². The fourth-order valence-electron chi connectivity index (χ4n) is 3.14. The zero-order valence-electron chi connectivity index (χ0n) is 10.9. The quantitative estimate of drug-likeness (QED) is 0.806. The third-order valence-corrected chi connectivity index (χ3v) is 4.09. The molecule has 1 aromatic carbocycles. The Bertz CT molecular complexity index is 376. The van der Waals surface area contributed by atoms with Crippen LogP contribution in [0, 0.1) is 5.92 Å². The van der Waals surface area contributed by atoms with Crippen LogP contribution >= 0.6 is 0 Å². The molecule has 2 heteroatoms. The number of hydrogen-bond donors (Lipinski definition) is 0. The molecule has 0 bridgehead atoms. The molecule has 0 radical (unpaired) electrons. The van der Waals surface area contributed by atoms with Gasteiger partial charge in [-0.25, -0.2) is 0 Å². The highest BCUT2D eigenvalue weighted by Gasteiger charge is 2.19. The minimum Gasteiger partial charge on any atom is -0.346 e. The molecule has 1 aliphatic carbocycles. The van der Waals surface area contributed by atoms with E-state index in [-0.39, 0.29) is 6.29 Å². The molecule has 98 valence electrons. The minimum absolute atomic E-state index is 0.128. The predicted molar refractivity (Wildman–Crippen MR) is 71.4 cm³/mol. The van der Waals surface area contributed by atoms with E-state index in [0.717, 1.165) is 19.1 Å². The van der Waals surface area contributed by atoms with Crippen LogP contribution in [0.25, 0.3) is 0 Å². The largest absolute Gasteiger partial charge is 0.346 e. The second kappa shape index (κ2) is 5.85. The molecule has 2 nitrogen and oxygen atoms in total. The molecule has 1 saturated carbocycles. The van der Waals surface area contributed by atoms with Crippen molar-refractivity contribution in [2.45, 2.75) is 44.8 Å². The molecule has 0 spiro atoms. The third kappa shape index (κ3) is 2.93. The van der Waals surface area contributed by atoms with Gasteiger partial charge in [0.1, 0.15) is 0 Å². The van der Waals surface area contributed by atoms with Gasteiger partial charge >= 0.3 is 0 Å². The van der Waals surface area contributed by atoms with E-state index in [1.54, 1.807) is 0 Å². The van der Waals surface area contributed by atoms with Crippen molar-refractivity contribution in [3.05, 3.63) is 35.4 Å². The van der Waals surface area contributed by atoms with E-state index in [9.17, 15) is 0 Å². The Balaban J connectivity index is 1.66. The SMILES string of the molecule is c1cc(CC2CCCCC2)cc(C2OCCO2)c1. The standard InChI is InChI=1S/C16H22O2/c1-2-5-13(6-3-1)11-14-7-4-8-15(12-14)16-17-9-10-18-16/h4,7-8,12-13,16H,1-3,5-6,9-11H2. The molecule has 2 fully saturated rings. The zero-order valence-corrected chi connectivity index (χ0v) is 10.9. The fraction of sp³-hybridized carbons (Fsp3) is 0.625. The first-order chi connectivity index (χ1) is 8.92. The summed E-state index contributed by atoms with van der Waals surface area (Å²) in [6.07, 6.45) is 8.16. The Morgan fingerprint density at radius 2 is 1.78 bits per heavy atom. The molecule has 1 aromatic rings. The van der Waals surface area contributed by atoms with Crippen molar-refractivity contribution in [2.24, 2.45) is 5.92 Å². The molecular formula is C16H22O2. The second-order valence-electron chi connectivity index (χ2n) is 5.53. The third-order valence-electron chi connectivity index (χ3n) is 4.09. The average molecular weight is 246 g/mol. The van der Waals surface area contributed by atoms with Crippen LogP contribution < -0.4 is 0 Å². The molecule has 1 aliphatic heterocycles. The lowest BCUT2D eigenvalue weighted by Gasteiger charge is -2.22. The summed E-state index contributed by atoms with van der Waals surface area (Å²) in [4.78, 5) is 0. The van der Waals surface area contributed by atoms with Crippen molar-refractivity contribution in [1.82, 2.24) is 0 Å². The molecule has 0 atom stereocenters. The van der Waals surface area contributed by atoms with Gasteiger partial charge in [0.25, 0.3) is 0 Å². The lowest BCUT2D eigenvalue weighted by atomic mass is 9.84. The highest BCUT2D eigenvalue weighted by atomic mass is 16.7. The van der Waals surface area contributed by atoms with E-state index in [1.807, 2.05) is 0 Å². The average Bonchev–Trinajstić information content (AvgIpc) is 2.94. The maximum atomic E-state index is 5.56. The van der Waals surface area contributed by atoms with Gasteiger partial charge < -0.3 is 9.47 Å². The van der Waals surface area contributed by atoms with Crippen LogP contribution in [0.5, 0.6) is 0 Å². The van der Waals surface area contributed by atoms with Crippen molar-refractivity contribution in [3.8, 4) is 0 Å². The molecule has 1 saturated heterocycles. The van der Waals surface area contributed by atoms with Gasteiger partial charge in [-0.1, -0.05) is 56.4 Å². The summed E-state index contributed by atoms with van der Waals surface area (Å²) in [5, 5.41) is 0. The molecule has 1 heterocycles. The Morgan fingerprint density at radius 3 is 2.56 bits per heavy atom. The zero-order chi connectivity index (χ0) is 12.2. The Labute approximate surface area is 109 Å². The van der Waals surface area contributed by atoms with Crippen LogP contribution in [-0.2, 0) is 15.9 Å². The normalized spacial score (nSPS) is 22.4. The Morgan fingerprint density at radius 1 is 1.00 bits per heavy atom. The fourth-order valence-corrected chi connectivity index (χ4v) is 3.14. The van der Waals surface area contributed by atoms with Gasteiger partial charge in [0.05, 0.1) is 13.2 Å². The molecule has 0 aromatic heterocycles. The lowest BCUT2D eigenvalue weighted by Crippen LogP contribution is -2.09. The topological polar surface area (TPSA) is 18.5 Å². The van der Waals surface area contributed by atoms with E-state index in [0.29, 0.717) is 0 Å². The molecule has 0 unspecified atom stereocenters. The van der Waals surface area contributed by atoms with Crippen molar-refractivity contribution in [1.29, 1.82) is 0 Å². The first kappa shape index (κ1) is 12.2. The smallest absolute Gasteiger partial charge is 0.184 e. The minimum atomic E-state index is -0.128. The van der Waals surface area contributed by atoms with Crippen LogP contribution in [0.1, 0.15) is 49.5 Å². The molecule has 0 amide bonds.